The minimum Gasteiger partial charge on any atom is -0.444 e. The summed E-state index contributed by atoms with van der Waals surface area (Å²) in [5, 5.41) is 3.64. The predicted molar refractivity (Wildman–Crippen MR) is 191 cm³/mol. The van der Waals surface area contributed by atoms with E-state index in [1.807, 2.05) is 74.9 Å². The Kier molecular flexibility index (Phi) is 16.1. The molecule has 1 N–H and O–H groups in total. The fourth-order valence-electron chi connectivity index (χ4n) is 4.08. The number of nitrogens with zero attached hydrogens (tertiary/aromatic N) is 7. The molecule has 0 radical (unpaired) electrons. The van der Waals surface area contributed by atoms with Gasteiger partial charge in [0, 0.05) is 50.4 Å². The standard InChI is InChI=1S/C17H24N4O2.C14H20N4O2.C3H5Br/c1-5-10-20(16(22)23-17(2,3)4)11-7-12-21-13-19-15-14(21)8-6-9-18-15;1-14(2,3)20-13(19)16-8-5-9-18-10-17-12-11(18)6-4-7-15-12;1-2-3-4/h5-6,8-9,13H,1,7,10-12H2,2-4H3;4,6-7,10H,5,8-9H2,1-3H3,(H,16,19);2H,1,3H2. The highest BCUT2D eigenvalue weighted by atomic mass is 79.9. The topological polar surface area (TPSA) is 129 Å². The summed E-state index contributed by atoms with van der Waals surface area (Å²) in [6.07, 6.45) is 11.4. The van der Waals surface area contributed by atoms with Crippen LogP contribution in [0.4, 0.5) is 9.59 Å². The van der Waals surface area contributed by atoms with Crippen molar-refractivity contribution in [3.63, 3.8) is 0 Å². The highest BCUT2D eigenvalue weighted by molar-refractivity contribution is 9.09. The van der Waals surface area contributed by atoms with Crippen LogP contribution >= 0.6 is 15.9 Å². The van der Waals surface area contributed by atoms with Crippen LogP contribution in [0, 0.1) is 0 Å². The number of pyridine rings is 2. The van der Waals surface area contributed by atoms with Crippen molar-refractivity contribution in [1.29, 1.82) is 0 Å². The molecule has 0 spiro atoms. The van der Waals surface area contributed by atoms with Gasteiger partial charge in [-0.3, -0.25) is 0 Å². The summed E-state index contributed by atoms with van der Waals surface area (Å²) in [4.78, 5) is 42.2. The molecule has 0 saturated heterocycles. The van der Waals surface area contributed by atoms with E-state index < -0.39 is 11.2 Å². The molecule has 4 rings (SSSR count). The Morgan fingerprint density at radius 1 is 0.851 bits per heavy atom. The van der Waals surface area contributed by atoms with Gasteiger partial charge in [-0.1, -0.05) is 28.1 Å². The van der Waals surface area contributed by atoms with E-state index in [1.165, 1.54) is 0 Å². The SMILES string of the molecule is C=CCBr.C=CCN(CCCn1cnc2ncccc21)C(=O)OC(C)(C)C.CC(C)(C)OC(=O)NCCCn1cnc2ncccc21. The fourth-order valence-corrected chi connectivity index (χ4v) is 4.08. The number of aromatic nitrogens is 6. The second-order valence-electron chi connectivity index (χ2n) is 12.4. The quantitative estimate of drug-likeness (QED) is 0.0986. The molecule has 0 fully saturated rings. The molecule has 4 aromatic heterocycles. The number of alkyl halides is 1. The van der Waals surface area contributed by atoms with E-state index in [-0.39, 0.29) is 12.2 Å². The molecule has 12 nitrogen and oxygen atoms in total. The summed E-state index contributed by atoms with van der Waals surface area (Å²) in [7, 11) is 0. The van der Waals surface area contributed by atoms with Crippen LogP contribution in [0.25, 0.3) is 22.3 Å². The maximum absolute atomic E-state index is 12.2. The Balaban J connectivity index is 0.000000296. The zero-order valence-corrected chi connectivity index (χ0v) is 30.1. The first-order valence-corrected chi connectivity index (χ1v) is 16.6. The lowest BCUT2D eigenvalue weighted by molar-refractivity contribution is 0.0268. The number of carbonyl (C=O) groups is 2. The summed E-state index contributed by atoms with van der Waals surface area (Å²) in [5.41, 5.74) is 2.53. The smallest absolute Gasteiger partial charge is 0.410 e. The van der Waals surface area contributed by atoms with E-state index in [2.05, 4.69) is 54.3 Å². The van der Waals surface area contributed by atoms with Crippen molar-refractivity contribution < 1.29 is 19.1 Å². The number of carbonyl (C=O) groups excluding carboxylic acids is 2. The maximum Gasteiger partial charge on any atom is 0.410 e. The number of amides is 2. The molecular formula is C34H49BrN8O4. The Labute approximate surface area is 286 Å². The lowest BCUT2D eigenvalue weighted by Crippen LogP contribution is -2.37. The highest BCUT2D eigenvalue weighted by Gasteiger charge is 2.21. The van der Waals surface area contributed by atoms with Gasteiger partial charge in [-0.15, -0.1) is 13.2 Å². The maximum atomic E-state index is 12.2. The van der Waals surface area contributed by atoms with Gasteiger partial charge >= 0.3 is 12.2 Å². The number of allylic oxidation sites excluding steroid dienone is 1. The molecule has 47 heavy (non-hydrogen) atoms. The molecule has 0 saturated carbocycles. The third-order valence-electron chi connectivity index (χ3n) is 5.97. The van der Waals surface area contributed by atoms with Crippen molar-refractivity contribution in [3.8, 4) is 0 Å². The summed E-state index contributed by atoms with van der Waals surface area (Å²) in [6, 6.07) is 7.76. The first-order chi connectivity index (χ1) is 22.3. The van der Waals surface area contributed by atoms with E-state index in [9.17, 15) is 9.59 Å². The number of nitrogens with one attached hydrogen (secondary N) is 1. The predicted octanol–water partition coefficient (Wildman–Crippen LogP) is 7.16. The Morgan fingerprint density at radius 3 is 1.83 bits per heavy atom. The van der Waals surface area contributed by atoms with Crippen molar-refractivity contribution >= 4 is 50.4 Å². The van der Waals surface area contributed by atoms with E-state index in [0.29, 0.717) is 19.6 Å². The van der Waals surface area contributed by atoms with Crippen LogP contribution in [0.1, 0.15) is 54.4 Å². The van der Waals surface area contributed by atoms with Gasteiger partial charge in [0.25, 0.3) is 0 Å². The van der Waals surface area contributed by atoms with Gasteiger partial charge in [-0.2, -0.15) is 0 Å². The van der Waals surface area contributed by atoms with Gasteiger partial charge < -0.3 is 28.8 Å². The van der Waals surface area contributed by atoms with Crippen molar-refractivity contribution in [2.24, 2.45) is 0 Å². The van der Waals surface area contributed by atoms with Crippen LogP contribution in [0.15, 0.2) is 74.6 Å². The van der Waals surface area contributed by atoms with E-state index in [0.717, 1.165) is 53.6 Å². The van der Waals surface area contributed by atoms with Gasteiger partial charge in [0.15, 0.2) is 11.3 Å². The van der Waals surface area contributed by atoms with Crippen LogP contribution in [0.3, 0.4) is 0 Å². The first-order valence-electron chi connectivity index (χ1n) is 15.5. The second kappa shape index (κ2) is 19.4. The van der Waals surface area contributed by atoms with Crippen molar-refractivity contribution in [3.05, 3.63) is 74.6 Å². The van der Waals surface area contributed by atoms with Crippen molar-refractivity contribution in [2.45, 2.75) is 78.7 Å². The summed E-state index contributed by atoms with van der Waals surface area (Å²) < 4.78 is 14.7. The van der Waals surface area contributed by atoms with Gasteiger partial charge in [-0.25, -0.2) is 29.5 Å². The van der Waals surface area contributed by atoms with Crippen LogP contribution < -0.4 is 5.32 Å². The van der Waals surface area contributed by atoms with Crippen LogP contribution in [0.2, 0.25) is 0 Å². The third-order valence-corrected chi connectivity index (χ3v) is 6.43. The largest absolute Gasteiger partial charge is 0.444 e. The highest BCUT2D eigenvalue weighted by Crippen LogP contribution is 2.13. The van der Waals surface area contributed by atoms with Gasteiger partial charge in [0.1, 0.15) is 11.2 Å². The average molecular weight is 714 g/mol. The van der Waals surface area contributed by atoms with Crippen LogP contribution in [-0.4, -0.2) is 82.3 Å². The molecule has 13 heteroatoms. The Morgan fingerprint density at radius 2 is 1.36 bits per heavy atom. The number of fused-ring (bicyclic) bond motifs is 2. The van der Waals surface area contributed by atoms with E-state index in [4.69, 9.17) is 9.47 Å². The monoisotopic (exact) mass is 712 g/mol. The molecule has 0 aliphatic carbocycles. The van der Waals surface area contributed by atoms with Crippen LogP contribution in [0.5, 0.6) is 0 Å². The Bertz CT molecular complexity index is 1550. The molecular weight excluding hydrogens is 664 g/mol. The zero-order valence-electron chi connectivity index (χ0n) is 28.5. The minimum atomic E-state index is -0.497. The number of halogens is 1. The number of aryl methyl sites for hydroxylation is 2. The molecule has 4 aromatic rings. The molecule has 0 bridgehead atoms. The summed E-state index contributed by atoms with van der Waals surface area (Å²) >= 11 is 3.13. The Hall–Kier alpha value is -4.26. The number of imidazole rings is 2. The molecule has 0 aliphatic rings. The lowest BCUT2D eigenvalue weighted by atomic mass is 10.2. The number of hydrogen-bond donors (Lipinski definition) is 1. The third kappa shape index (κ3) is 14.8. The average Bonchev–Trinajstić information content (AvgIpc) is 3.62. The molecule has 256 valence electrons. The molecule has 0 aromatic carbocycles. The van der Waals surface area contributed by atoms with Crippen LogP contribution in [-0.2, 0) is 22.6 Å². The van der Waals surface area contributed by atoms with Gasteiger partial charge in [-0.05, 0) is 78.6 Å². The van der Waals surface area contributed by atoms with E-state index >= 15 is 0 Å². The van der Waals surface area contributed by atoms with Crippen molar-refractivity contribution in [1.82, 2.24) is 39.3 Å². The molecule has 0 atom stereocenters. The molecule has 2 amide bonds. The zero-order chi connectivity index (χ0) is 34.9. The number of ether oxygens (including phenoxy) is 2. The first kappa shape index (κ1) is 38.9. The van der Waals surface area contributed by atoms with Crippen molar-refractivity contribution in [2.75, 3.05) is 25.0 Å². The molecule has 0 aliphatic heterocycles. The van der Waals surface area contributed by atoms with E-state index in [1.54, 1.807) is 42.1 Å². The molecule has 4 heterocycles. The fraction of sp³-hybridized carbons (Fsp3) is 0.471. The lowest BCUT2D eigenvalue weighted by Gasteiger charge is -2.26. The van der Waals surface area contributed by atoms with Gasteiger partial charge in [0.2, 0.25) is 0 Å². The minimum absolute atomic E-state index is 0.311. The molecule has 0 unspecified atom stereocenters. The number of hydrogen-bond acceptors (Lipinski definition) is 8. The summed E-state index contributed by atoms with van der Waals surface area (Å²) in [6.45, 7) is 21.4. The summed E-state index contributed by atoms with van der Waals surface area (Å²) in [5.74, 6) is 0. The normalized spacial score (nSPS) is 11.0. The second-order valence-corrected chi connectivity index (χ2v) is 13.0. The van der Waals surface area contributed by atoms with Gasteiger partial charge in [0.05, 0.1) is 23.7 Å². The number of rotatable bonds is 11. The number of alkyl carbamates (subject to hydrolysis) is 1.